The van der Waals surface area contributed by atoms with Crippen molar-refractivity contribution >= 4 is 17.6 Å². The molecule has 0 radical (unpaired) electrons. The Labute approximate surface area is 195 Å². The van der Waals surface area contributed by atoms with E-state index >= 15 is 0 Å². The summed E-state index contributed by atoms with van der Waals surface area (Å²) in [6.45, 7) is 6.37. The zero-order chi connectivity index (χ0) is 24.1. The van der Waals surface area contributed by atoms with E-state index in [-0.39, 0.29) is 24.5 Å². The molecular weight excluding hydrogens is 420 g/mol. The number of likely N-dealkylation sites (N-methyl/N-ethyl adjacent to an activating group) is 1. The molecule has 1 unspecified atom stereocenters. The standard InChI is InChI=1S/C25H32N4O4/c1-7-26-25(31)28(4)15-24(30)29-21(19-10-11-22(32-5)23(13-19)33-6)14-20(27-29)18-9-8-16(2)17(3)12-18/h8-13,21H,7,14-15H2,1-6H3,(H,26,31). The third kappa shape index (κ3) is 5.27. The van der Waals surface area contributed by atoms with Gasteiger partial charge in [-0.1, -0.05) is 18.2 Å². The lowest BCUT2D eigenvalue weighted by atomic mass is 9.96. The van der Waals surface area contributed by atoms with E-state index in [0.29, 0.717) is 24.5 Å². The number of hydrogen-bond acceptors (Lipinski definition) is 5. The van der Waals surface area contributed by atoms with Crippen LogP contribution in [0.5, 0.6) is 11.5 Å². The maximum absolute atomic E-state index is 13.3. The van der Waals surface area contributed by atoms with Crippen molar-refractivity contribution in [3.63, 3.8) is 0 Å². The van der Waals surface area contributed by atoms with Gasteiger partial charge in [-0.3, -0.25) is 4.79 Å². The number of carbonyl (C=O) groups is 2. The minimum atomic E-state index is -0.323. The molecule has 1 aliphatic rings. The summed E-state index contributed by atoms with van der Waals surface area (Å²) in [5.41, 5.74) is 5.05. The fourth-order valence-corrected chi connectivity index (χ4v) is 3.79. The van der Waals surface area contributed by atoms with Gasteiger partial charge < -0.3 is 19.7 Å². The Morgan fingerprint density at radius 2 is 1.82 bits per heavy atom. The molecule has 1 aliphatic heterocycles. The average Bonchev–Trinajstić information content (AvgIpc) is 3.26. The zero-order valence-corrected chi connectivity index (χ0v) is 20.1. The third-order valence-electron chi connectivity index (χ3n) is 5.85. The molecule has 0 saturated carbocycles. The number of hydrogen-bond donors (Lipinski definition) is 1. The summed E-state index contributed by atoms with van der Waals surface area (Å²) < 4.78 is 10.8. The van der Waals surface area contributed by atoms with Crippen molar-refractivity contribution < 1.29 is 19.1 Å². The Morgan fingerprint density at radius 1 is 1.09 bits per heavy atom. The summed E-state index contributed by atoms with van der Waals surface area (Å²) in [6, 6.07) is 11.2. The maximum atomic E-state index is 13.3. The van der Waals surface area contributed by atoms with Crippen molar-refractivity contribution in [2.45, 2.75) is 33.2 Å². The van der Waals surface area contributed by atoms with Crippen molar-refractivity contribution in [2.24, 2.45) is 5.10 Å². The van der Waals surface area contributed by atoms with Crippen LogP contribution >= 0.6 is 0 Å². The topological polar surface area (TPSA) is 83.5 Å². The average molecular weight is 453 g/mol. The first-order valence-corrected chi connectivity index (χ1v) is 11.0. The number of nitrogens with zero attached hydrogens (tertiary/aromatic N) is 3. The normalized spacial score (nSPS) is 15.2. The fraction of sp³-hybridized carbons (Fsp3) is 0.400. The van der Waals surface area contributed by atoms with E-state index in [9.17, 15) is 9.59 Å². The molecule has 2 aromatic carbocycles. The van der Waals surface area contributed by atoms with Gasteiger partial charge in [-0.15, -0.1) is 0 Å². The third-order valence-corrected chi connectivity index (χ3v) is 5.85. The number of hydrazone groups is 1. The zero-order valence-electron chi connectivity index (χ0n) is 20.1. The van der Waals surface area contributed by atoms with Gasteiger partial charge in [0, 0.05) is 20.0 Å². The number of ether oxygens (including phenoxy) is 2. The lowest BCUT2D eigenvalue weighted by Gasteiger charge is -2.25. The molecule has 8 heteroatoms. The molecule has 1 N–H and O–H groups in total. The van der Waals surface area contributed by atoms with E-state index in [4.69, 9.17) is 14.6 Å². The Hall–Kier alpha value is -3.55. The molecule has 3 rings (SSSR count). The quantitative estimate of drug-likeness (QED) is 0.695. The first-order chi connectivity index (χ1) is 15.8. The Kier molecular flexibility index (Phi) is 7.58. The molecule has 8 nitrogen and oxygen atoms in total. The summed E-state index contributed by atoms with van der Waals surface area (Å²) in [7, 11) is 4.76. The molecule has 176 valence electrons. The van der Waals surface area contributed by atoms with E-state index in [0.717, 1.165) is 16.8 Å². The molecule has 2 aromatic rings. The lowest BCUT2D eigenvalue weighted by molar-refractivity contribution is -0.133. The van der Waals surface area contributed by atoms with Gasteiger partial charge in [0.2, 0.25) is 0 Å². The van der Waals surface area contributed by atoms with E-state index in [1.807, 2.05) is 31.2 Å². The summed E-state index contributed by atoms with van der Waals surface area (Å²) in [5.74, 6) is 0.937. The highest BCUT2D eigenvalue weighted by Gasteiger charge is 2.34. The molecular formula is C25H32N4O4. The highest BCUT2D eigenvalue weighted by molar-refractivity contribution is 6.03. The second kappa shape index (κ2) is 10.4. The molecule has 0 spiro atoms. The van der Waals surface area contributed by atoms with Gasteiger partial charge >= 0.3 is 6.03 Å². The monoisotopic (exact) mass is 452 g/mol. The van der Waals surface area contributed by atoms with Crippen LogP contribution in [0.3, 0.4) is 0 Å². The SMILES string of the molecule is CCNC(=O)N(C)CC(=O)N1N=C(c2ccc(C)c(C)c2)CC1c1ccc(OC)c(OC)c1. The van der Waals surface area contributed by atoms with Crippen molar-refractivity contribution in [2.75, 3.05) is 34.4 Å². The van der Waals surface area contributed by atoms with Crippen LogP contribution in [0.4, 0.5) is 4.79 Å². The number of rotatable bonds is 7. The molecule has 33 heavy (non-hydrogen) atoms. The molecule has 1 heterocycles. The number of carbonyl (C=O) groups excluding carboxylic acids is 2. The second-order valence-corrected chi connectivity index (χ2v) is 8.11. The summed E-state index contributed by atoms with van der Waals surface area (Å²) >= 11 is 0. The van der Waals surface area contributed by atoms with E-state index in [1.54, 1.807) is 21.3 Å². The highest BCUT2D eigenvalue weighted by atomic mass is 16.5. The molecule has 0 aliphatic carbocycles. The predicted octanol–water partition coefficient (Wildman–Crippen LogP) is 3.66. The minimum Gasteiger partial charge on any atom is -0.493 e. The van der Waals surface area contributed by atoms with Gasteiger partial charge in [-0.25, -0.2) is 9.80 Å². The fourth-order valence-electron chi connectivity index (χ4n) is 3.79. The van der Waals surface area contributed by atoms with Gasteiger partial charge in [0.05, 0.1) is 26.0 Å². The molecule has 0 fully saturated rings. The number of benzene rings is 2. The number of nitrogens with one attached hydrogen (secondary N) is 1. The van der Waals surface area contributed by atoms with Crippen LogP contribution < -0.4 is 14.8 Å². The Morgan fingerprint density at radius 3 is 2.45 bits per heavy atom. The number of amides is 3. The number of methoxy groups -OCH3 is 2. The van der Waals surface area contributed by atoms with Crippen molar-refractivity contribution in [1.82, 2.24) is 15.2 Å². The van der Waals surface area contributed by atoms with Crippen LogP contribution in [-0.4, -0.2) is 61.9 Å². The molecule has 3 amide bonds. The largest absolute Gasteiger partial charge is 0.493 e. The summed E-state index contributed by atoms with van der Waals surface area (Å²) in [4.78, 5) is 26.8. The van der Waals surface area contributed by atoms with E-state index < -0.39 is 0 Å². The molecule has 0 aromatic heterocycles. The van der Waals surface area contributed by atoms with Crippen molar-refractivity contribution in [1.29, 1.82) is 0 Å². The Bertz CT molecular complexity index is 1070. The molecule has 0 saturated heterocycles. The van der Waals surface area contributed by atoms with Crippen LogP contribution in [0, 0.1) is 13.8 Å². The van der Waals surface area contributed by atoms with Gasteiger partial charge in [0.1, 0.15) is 6.54 Å². The first kappa shape index (κ1) is 24.1. The van der Waals surface area contributed by atoms with Crippen LogP contribution in [-0.2, 0) is 4.79 Å². The van der Waals surface area contributed by atoms with Gasteiger partial charge in [0.25, 0.3) is 5.91 Å². The van der Waals surface area contributed by atoms with Crippen molar-refractivity contribution in [3.8, 4) is 11.5 Å². The smallest absolute Gasteiger partial charge is 0.317 e. The van der Waals surface area contributed by atoms with E-state index in [1.165, 1.54) is 21.0 Å². The van der Waals surface area contributed by atoms with Crippen LogP contribution in [0.2, 0.25) is 0 Å². The van der Waals surface area contributed by atoms with Crippen LogP contribution in [0.1, 0.15) is 41.6 Å². The highest BCUT2D eigenvalue weighted by Crippen LogP contribution is 2.37. The van der Waals surface area contributed by atoms with Crippen LogP contribution in [0.25, 0.3) is 0 Å². The predicted molar refractivity (Wildman–Crippen MR) is 128 cm³/mol. The van der Waals surface area contributed by atoms with Gasteiger partial charge in [-0.05, 0) is 61.2 Å². The maximum Gasteiger partial charge on any atom is 0.317 e. The second-order valence-electron chi connectivity index (χ2n) is 8.11. The molecule has 0 bridgehead atoms. The minimum absolute atomic E-state index is 0.0840. The van der Waals surface area contributed by atoms with Gasteiger partial charge in [-0.2, -0.15) is 5.10 Å². The van der Waals surface area contributed by atoms with Crippen molar-refractivity contribution in [3.05, 3.63) is 58.7 Å². The Balaban J connectivity index is 1.95. The molecule has 1 atom stereocenters. The van der Waals surface area contributed by atoms with Gasteiger partial charge in [0.15, 0.2) is 11.5 Å². The number of urea groups is 1. The summed E-state index contributed by atoms with van der Waals surface area (Å²) in [6.07, 6.45) is 0.550. The van der Waals surface area contributed by atoms with Crippen LogP contribution in [0.15, 0.2) is 41.5 Å². The summed E-state index contributed by atoms with van der Waals surface area (Å²) in [5, 5.41) is 8.91. The van der Waals surface area contributed by atoms with E-state index in [2.05, 4.69) is 31.3 Å². The first-order valence-electron chi connectivity index (χ1n) is 11.0. The lowest BCUT2D eigenvalue weighted by Crippen LogP contribution is -2.43. The number of aryl methyl sites for hydroxylation is 2.